The predicted molar refractivity (Wildman–Crippen MR) is 137 cm³/mol. The van der Waals surface area contributed by atoms with Crippen molar-refractivity contribution in [1.29, 1.82) is 0 Å². The van der Waals surface area contributed by atoms with Gasteiger partial charge in [-0.2, -0.15) is 0 Å². The molecule has 176 valence electrons. The Kier molecular flexibility index (Phi) is 6.71. The van der Waals surface area contributed by atoms with E-state index in [0.717, 1.165) is 41.0 Å². The van der Waals surface area contributed by atoms with Crippen LogP contribution in [-0.2, 0) is 22.4 Å². The number of nitrogens with zero attached hydrogens (tertiary/aromatic N) is 3. The molecule has 1 unspecified atom stereocenters. The zero-order chi connectivity index (χ0) is 23.7. The number of ether oxygens (including phenoxy) is 1. The van der Waals surface area contributed by atoms with Crippen molar-refractivity contribution in [2.75, 3.05) is 17.7 Å². The molecule has 0 aliphatic heterocycles. The summed E-state index contributed by atoms with van der Waals surface area (Å²) in [5.74, 6) is 0.185. The maximum absolute atomic E-state index is 12.9. The molecule has 1 atom stereocenters. The van der Waals surface area contributed by atoms with Crippen LogP contribution < -0.4 is 5.32 Å². The van der Waals surface area contributed by atoms with Crippen LogP contribution >= 0.6 is 34.4 Å². The molecular weight excluding hydrogens is 488 g/mol. The number of fused-ring (bicyclic) bond motifs is 2. The Morgan fingerprint density at radius 2 is 2.09 bits per heavy atom. The first-order valence-corrected chi connectivity index (χ1v) is 13.9. The Morgan fingerprint density at radius 3 is 2.88 bits per heavy atom. The number of hydrogen-bond donors (Lipinski definition) is 1. The Bertz CT molecular complexity index is 1340. The van der Waals surface area contributed by atoms with Gasteiger partial charge in [0.2, 0.25) is 10.9 Å². The van der Waals surface area contributed by atoms with Gasteiger partial charge in [0.25, 0.3) is 0 Å². The molecule has 3 aromatic heterocycles. The van der Waals surface area contributed by atoms with Crippen LogP contribution in [0.25, 0.3) is 16.2 Å². The van der Waals surface area contributed by atoms with Crippen LogP contribution in [0, 0.1) is 5.92 Å². The van der Waals surface area contributed by atoms with E-state index in [4.69, 9.17) is 4.74 Å². The third kappa shape index (κ3) is 4.49. The largest absolute Gasteiger partial charge is 0.462 e. The van der Waals surface area contributed by atoms with Crippen molar-refractivity contribution in [3.63, 3.8) is 0 Å². The van der Waals surface area contributed by atoms with Crippen LogP contribution in [0.4, 0.5) is 5.00 Å². The van der Waals surface area contributed by atoms with Gasteiger partial charge in [-0.15, -0.1) is 32.9 Å². The summed E-state index contributed by atoms with van der Waals surface area (Å²) in [4.78, 5) is 27.6. The Balaban J connectivity index is 1.34. The normalized spacial score (nSPS) is 15.3. The second kappa shape index (κ2) is 9.89. The molecule has 1 aliphatic carbocycles. The molecule has 0 fully saturated rings. The molecule has 10 heteroatoms. The molecule has 34 heavy (non-hydrogen) atoms. The van der Waals surface area contributed by atoms with E-state index in [1.165, 1.54) is 39.3 Å². The van der Waals surface area contributed by atoms with Crippen molar-refractivity contribution in [2.45, 2.75) is 38.3 Å². The van der Waals surface area contributed by atoms with Crippen LogP contribution in [0.3, 0.4) is 0 Å². The SMILES string of the molecule is CCOC(=O)c1c(NC(=O)CSc2nnc3scc(-c4ccccc4)n23)sc2c1CCC(C)C2. The number of nitrogens with one attached hydrogen (secondary N) is 1. The lowest BCUT2D eigenvalue weighted by atomic mass is 9.88. The predicted octanol–water partition coefficient (Wildman–Crippen LogP) is 5.55. The molecule has 1 aliphatic rings. The van der Waals surface area contributed by atoms with Crippen molar-refractivity contribution >= 4 is 56.3 Å². The number of hydrogen-bond acceptors (Lipinski definition) is 8. The molecular formula is C24H24N4O3S3. The number of rotatable bonds is 7. The van der Waals surface area contributed by atoms with Gasteiger partial charge in [0.1, 0.15) is 5.00 Å². The minimum absolute atomic E-state index is 0.159. The molecule has 1 N–H and O–H groups in total. The van der Waals surface area contributed by atoms with E-state index in [1.807, 2.05) is 40.1 Å². The Hall–Kier alpha value is -2.69. The topological polar surface area (TPSA) is 85.6 Å². The van der Waals surface area contributed by atoms with Crippen molar-refractivity contribution in [2.24, 2.45) is 5.92 Å². The van der Waals surface area contributed by atoms with Crippen LogP contribution in [0.2, 0.25) is 0 Å². The van der Waals surface area contributed by atoms with Crippen molar-refractivity contribution in [3.05, 3.63) is 51.7 Å². The van der Waals surface area contributed by atoms with Gasteiger partial charge in [-0.1, -0.05) is 49.0 Å². The number of thiazole rings is 1. The van der Waals surface area contributed by atoms with E-state index in [1.54, 1.807) is 6.92 Å². The average Bonchev–Trinajstić information content (AvgIpc) is 3.51. The summed E-state index contributed by atoms with van der Waals surface area (Å²) in [6.07, 6.45) is 2.80. The Morgan fingerprint density at radius 1 is 1.26 bits per heavy atom. The second-order valence-electron chi connectivity index (χ2n) is 8.20. The maximum atomic E-state index is 12.9. The van der Waals surface area contributed by atoms with E-state index in [-0.39, 0.29) is 17.6 Å². The maximum Gasteiger partial charge on any atom is 0.341 e. The first kappa shape index (κ1) is 23.1. The van der Waals surface area contributed by atoms with Gasteiger partial charge in [-0.3, -0.25) is 9.20 Å². The summed E-state index contributed by atoms with van der Waals surface area (Å²) >= 11 is 4.35. The molecule has 0 bridgehead atoms. The van der Waals surface area contributed by atoms with Crippen molar-refractivity contribution in [1.82, 2.24) is 14.6 Å². The van der Waals surface area contributed by atoms with Crippen LogP contribution in [-0.4, -0.2) is 38.8 Å². The van der Waals surface area contributed by atoms with Crippen LogP contribution in [0.5, 0.6) is 0 Å². The first-order valence-electron chi connectivity index (χ1n) is 11.2. The van der Waals surface area contributed by atoms with E-state index >= 15 is 0 Å². The Labute approximate surface area is 209 Å². The fraction of sp³-hybridized carbons (Fsp3) is 0.333. The van der Waals surface area contributed by atoms with Crippen molar-refractivity contribution in [3.8, 4) is 11.3 Å². The van der Waals surface area contributed by atoms with Gasteiger partial charge in [0, 0.05) is 10.3 Å². The number of carbonyl (C=O) groups is 2. The van der Waals surface area contributed by atoms with E-state index in [2.05, 4.69) is 22.4 Å². The first-order chi connectivity index (χ1) is 16.5. The number of anilines is 1. The number of amides is 1. The monoisotopic (exact) mass is 512 g/mol. The zero-order valence-corrected chi connectivity index (χ0v) is 21.3. The molecule has 0 saturated carbocycles. The third-order valence-electron chi connectivity index (χ3n) is 5.77. The average molecular weight is 513 g/mol. The lowest BCUT2D eigenvalue weighted by Crippen LogP contribution is -2.17. The van der Waals surface area contributed by atoms with Gasteiger partial charge < -0.3 is 10.1 Å². The van der Waals surface area contributed by atoms with Crippen molar-refractivity contribution < 1.29 is 14.3 Å². The summed E-state index contributed by atoms with van der Waals surface area (Å²) in [5.41, 5.74) is 3.63. The number of carbonyl (C=O) groups excluding carboxylic acids is 2. The minimum Gasteiger partial charge on any atom is -0.462 e. The molecule has 4 aromatic rings. The van der Waals surface area contributed by atoms with Crippen LogP contribution in [0.1, 0.15) is 41.1 Å². The summed E-state index contributed by atoms with van der Waals surface area (Å²) in [7, 11) is 0. The van der Waals surface area contributed by atoms with Gasteiger partial charge in [-0.05, 0) is 43.2 Å². The molecule has 0 saturated heterocycles. The number of benzene rings is 1. The smallest absolute Gasteiger partial charge is 0.341 e. The highest BCUT2D eigenvalue weighted by Crippen LogP contribution is 2.40. The van der Waals surface area contributed by atoms with E-state index in [0.29, 0.717) is 28.2 Å². The number of aromatic nitrogens is 3. The molecule has 7 nitrogen and oxygen atoms in total. The van der Waals surface area contributed by atoms with Gasteiger partial charge in [0.05, 0.1) is 23.6 Å². The molecule has 3 heterocycles. The summed E-state index contributed by atoms with van der Waals surface area (Å²) in [5, 5.41) is 14.8. The highest BCUT2D eigenvalue weighted by Gasteiger charge is 2.29. The standard InChI is InChI=1S/C24H24N4O3S3/c1-3-31-22(30)20-16-10-9-14(2)11-18(16)34-21(20)25-19(29)13-33-24-27-26-23-28(24)17(12-32-23)15-7-5-4-6-8-15/h4-8,12,14H,3,9-11,13H2,1-2H3,(H,25,29). The summed E-state index contributed by atoms with van der Waals surface area (Å²) < 4.78 is 7.29. The lowest BCUT2D eigenvalue weighted by molar-refractivity contribution is -0.113. The second-order valence-corrected chi connectivity index (χ2v) is 11.1. The fourth-order valence-electron chi connectivity index (χ4n) is 4.15. The number of thioether (sulfide) groups is 1. The molecule has 5 rings (SSSR count). The highest BCUT2D eigenvalue weighted by atomic mass is 32.2. The molecule has 1 aromatic carbocycles. The van der Waals surface area contributed by atoms with E-state index < -0.39 is 0 Å². The highest BCUT2D eigenvalue weighted by molar-refractivity contribution is 7.99. The molecule has 0 spiro atoms. The van der Waals surface area contributed by atoms with Crippen LogP contribution in [0.15, 0.2) is 40.9 Å². The molecule has 1 amide bonds. The summed E-state index contributed by atoms with van der Waals surface area (Å²) in [6.45, 7) is 4.31. The quantitative estimate of drug-likeness (QED) is 0.258. The van der Waals surface area contributed by atoms with Gasteiger partial charge in [0.15, 0.2) is 5.16 Å². The number of thiophene rings is 1. The van der Waals surface area contributed by atoms with E-state index in [9.17, 15) is 9.59 Å². The summed E-state index contributed by atoms with van der Waals surface area (Å²) in [6, 6.07) is 10.0. The third-order valence-corrected chi connectivity index (χ3v) is 8.68. The minimum atomic E-state index is -0.359. The lowest BCUT2D eigenvalue weighted by Gasteiger charge is -2.18. The van der Waals surface area contributed by atoms with Gasteiger partial charge in [-0.25, -0.2) is 4.79 Å². The van der Waals surface area contributed by atoms with Gasteiger partial charge >= 0.3 is 5.97 Å². The fourth-order valence-corrected chi connectivity index (χ4v) is 7.21. The molecule has 0 radical (unpaired) electrons. The number of esters is 1. The zero-order valence-electron chi connectivity index (χ0n) is 18.9.